The highest BCUT2D eigenvalue weighted by Gasteiger charge is 2.40. The molecule has 0 saturated heterocycles. The summed E-state index contributed by atoms with van der Waals surface area (Å²) < 4.78 is 5.42. The largest absolute Gasteiger partial charge is 0.505 e. The fourth-order valence-corrected chi connectivity index (χ4v) is 3.06. The van der Waals surface area contributed by atoms with Crippen molar-refractivity contribution < 1.29 is 24.5 Å². The third-order valence-electron chi connectivity index (χ3n) is 4.69. The Balaban J connectivity index is 0.00000233. The zero-order chi connectivity index (χ0) is 23.7. The second-order valence-corrected chi connectivity index (χ2v) is 6.91. The molecule has 0 bridgehead atoms. The van der Waals surface area contributed by atoms with E-state index in [2.05, 4.69) is 10.6 Å². The van der Waals surface area contributed by atoms with E-state index in [4.69, 9.17) is 4.74 Å². The summed E-state index contributed by atoms with van der Waals surface area (Å²) in [5.41, 5.74) is 0.787. The number of benzene rings is 1. The molecule has 0 heterocycles. The van der Waals surface area contributed by atoms with Gasteiger partial charge < -0.3 is 30.5 Å². The molecule has 1 aliphatic rings. The van der Waals surface area contributed by atoms with E-state index < -0.39 is 11.9 Å². The van der Waals surface area contributed by atoms with Crippen molar-refractivity contribution in [1.29, 1.82) is 0 Å². The van der Waals surface area contributed by atoms with Gasteiger partial charge in [-0.05, 0) is 31.1 Å². The van der Waals surface area contributed by atoms with E-state index >= 15 is 0 Å². The van der Waals surface area contributed by atoms with Crippen LogP contribution in [0.5, 0.6) is 5.75 Å². The molecule has 1 aliphatic carbocycles. The van der Waals surface area contributed by atoms with Gasteiger partial charge in [-0.15, -0.1) is 0 Å². The Morgan fingerprint density at radius 1 is 1.29 bits per heavy atom. The number of phenols is 1. The quantitative estimate of drug-likeness (QED) is 0.350. The molecule has 31 heavy (non-hydrogen) atoms. The van der Waals surface area contributed by atoms with Gasteiger partial charge in [0.1, 0.15) is 11.5 Å². The van der Waals surface area contributed by atoms with Crippen LogP contribution in [-0.2, 0) is 9.53 Å². The maximum Gasteiger partial charge on any atom is 0.257 e. The lowest BCUT2D eigenvalue weighted by atomic mass is 9.93. The van der Waals surface area contributed by atoms with Crippen molar-refractivity contribution in [1.82, 2.24) is 10.2 Å². The number of hydrogen-bond donors (Lipinski definition) is 4. The minimum Gasteiger partial charge on any atom is -0.505 e. The second kappa shape index (κ2) is 12.0. The number of methoxy groups -OCH3 is 1. The number of ether oxygens (including phenoxy) is 1. The molecule has 0 saturated carbocycles. The van der Waals surface area contributed by atoms with E-state index in [1.54, 1.807) is 33.3 Å². The average Bonchev–Trinajstić information content (AvgIpc) is 2.78. The molecule has 8 nitrogen and oxygen atoms in total. The second-order valence-electron chi connectivity index (χ2n) is 6.91. The summed E-state index contributed by atoms with van der Waals surface area (Å²) in [7, 11) is 4.74. The Morgan fingerprint density at radius 2 is 1.94 bits per heavy atom. The number of nitrogens with one attached hydrogen (secondary N) is 2. The van der Waals surface area contributed by atoms with Crippen LogP contribution in [0.15, 0.2) is 41.4 Å². The highest BCUT2D eigenvalue weighted by atomic mass is 16.5. The van der Waals surface area contributed by atoms with Crippen LogP contribution in [0.3, 0.4) is 0 Å². The lowest BCUT2D eigenvalue weighted by molar-refractivity contribution is -0.124. The number of rotatable bonds is 9. The highest BCUT2D eigenvalue weighted by molar-refractivity contribution is 6.11. The van der Waals surface area contributed by atoms with Gasteiger partial charge in [-0.2, -0.15) is 0 Å². The summed E-state index contributed by atoms with van der Waals surface area (Å²) >= 11 is 0. The van der Waals surface area contributed by atoms with Gasteiger partial charge in [0.25, 0.3) is 5.91 Å². The molecule has 4 N–H and O–H groups in total. The minimum absolute atomic E-state index is 0.112. The van der Waals surface area contributed by atoms with Crippen LogP contribution in [0.2, 0.25) is 0 Å². The van der Waals surface area contributed by atoms with Crippen LogP contribution in [0.25, 0.3) is 0 Å². The monoisotopic (exact) mass is 433 g/mol. The van der Waals surface area contributed by atoms with Gasteiger partial charge in [0.15, 0.2) is 11.9 Å². The Morgan fingerprint density at radius 3 is 2.45 bits per heavy atom. The minimum atomic E-state index is -1.28. The van der Waals surface area contributed by atoms with E-state index in [0.717, 1.165) is 12.2 Å². The average molecular weight is 434 g/mol. The third kappa shape index (κ3) is 5.79. The number of phenolic OH excluding ortho intramolecular Hbond substituents is 1. The van der Waals surface area contributed by atoms with Gasteiger partial charge in [-0.1, -0.05) is 33.8 Å². The zero-order valence-corrected chi connectivity index (χ0v) is 19.4. The zero-order valence-electron chi connectivity index (χ0n) is 19.4. The molecule has 0 aliphatic heterocycles. The van der Waals surface area contributed by atoms with Crippen molar-refractivity contribution in [2.45, 2.75) is 52.7 Å². The SMILES string of the molecule is CC.CC/C=C(\OC)[C@H](CC)NC1=C(Nc2cccc(C(=O)N(C)C)c2O)C(=O)C1O. The van der Waals surface area contributed by atoms with Crippen LogP contribution in [0, 0.1) is 0 Å². The van der Waals surface area contributed by atoms with E-state index in [9.17, 15) is 19.8 Å². The standard InChI is InChI=1S/C21H29N3O5.C2H6/c1-6-9-15(29-5)13(7-2)22-16-17(20(27)19(16)26)23-14-11-8-10-12(18(14)25)21(28)24(3)4;1-2/h8-11,13,19,22-23,25-26H,6-7H2,1-5H3;1-2H3/b15-9-;/t13-,19?;/m0./s1. The summed E-state index contributed by atoms with van der Waals surface area (Å²) in [6.45, 7) is 7.95. The van der Waals surface area contributed by atoms with Crippen molar-refractivity contribution in [2.24, 2.45) is 0 Å². The molecule has 1 unspecified atom stereocenters. The van der Waals surface area contributed by atoms with Gasteiger partial charge in [-0.3, -0.25) is 9.59 Å². The van der Waals surface area contributed by atoms with Crippen LogP contribution in [0.1, 0.15) is 50.9 Å². The maximum atomic E-state index is 12.2. The molecule has 2 rings (SSSR count). The number of carbonyl (C=O) groups is 2. The molecule has 0 spiro atoms. The normalized spacial score (nSPS) is 16.6. The van der Waals surface area contributed by atoms with E-state index in [-0.39, 0.29) is 34.6 Å². The van der Waals surface area contributed by atoms with Gasteiger partial charge in [0, 0.05) is 14.1 Å². The molecule has 0 fully saturated rings. The molecular weight excluding hydrogens is 398 g/mol. The summed E-state index contributed by atoms with van der Waals surface area (Å²) in [6, 6.07) is 4.44. The number of para-hydroxylation sites is 1. The van der Waals surface area contributed by atoms with Crippen molar-refractivity contribution in [2.75, 3.05) is 26.5 Å². The molecule has 1 aromatic carbocycles. The number of amides is 1. The number of nitrogens with zero attached hydrogens (tertiary/aromatic N) is 1. The predicted octanol–water partition coefficient (Wildman–Crippen LogP) is 3.00. The first-order valence-corrected chi connectivity index (χ1v) is 10.5. The predicted molar refractivity (Wildman–Crippen MR) is 122 cm³/mol. The third-order valence-corrected chi connectivity index (χ3v) is 4.69. The van der Waals surface area contributed by atoms with E-state index in [0.29, 0.717) is 12.1 Å². The summed E-state index contributed by atoms with van der Waals surface area (Å²) in [5.74, 6) is -0.402. The van der Waals surface area contributed by atoms with E-state index in [1.165, 1.54) is 11.0 Å². The van der Waals surface area contributed by atoms with Gasteiger partial charge in [-0.25, -0.2) is 0 Å². The van der Waals surface area contributed by atoms with Crippen LogP contribution >= 0.6 is 0 Å². The molecule has 8 heteroatoms. The molecule has 0 aromatic heterocycles. The van der Waals surface area contributed by atoms with Crippen LogP contribution in [0.4, 0.5) is 5.69 Å². The molecular formula is C23H35N3O5. The Labute approximate surface area is 184 Å². The number of Topliss-reactive ketones (excluding diaryl/α,β-unsaturated/α-hetero) is 1. The maximum absolute atomic E-state index is 12.2. The topological polar surface area (TPSA) is 111 Å². The number of carbonyl (C=O) groups excluding carboxylic acids is 2. The fraction of sp³-hybridized carbons (Fsp3) is 0.478. The molecule has 1 amide bonds. The smallest absolute Gasteiger partial charge is 0.257 e. The van der Waals surface area contributed by atoms with Gasteiger partial charge in [0.05, 0.1) is 30.1 Å². The van der Waals surface area contributed by atoms with Gasteiger partial charge in [0.2, 0.25) is 5.78 Å². The van der Waals surface area contributed by atoms with Crippen LogP contribution in [-0.4, -0.2) is 60.2 Å². The number of anilines is 1. The molecule has 172 valence electrons. The van der Waals surface area contributed by atoms with Crippen molar-refractivity contribution in [3.8, 4) is 5.75 Å². The summed E-state index contributed by atoms with van der Waals surface area (Å²) in [4.78, 5) is 25.8. The fourth-order valence-electron chi connectivity index (χ4n) is 3.06. The number of hydrogen-bond acceptors (Lipinski definition) is 7. The van der Waals surface area contributed by atoms with Crippen molar-refractivity contribution in [3.63, 3.8) is 0 Å². The van der Waals surface area contributed by atoms with Crippen molar-refractivity contribution >= 4 is 17.4 Å². The Hall–Kier alpha value is -3.00. The summed E-state index contributed by atoms with van der Waals surface area (Å²) in [6.07, 6.45) is 2.12. The molecule has 1 aromatic rings. The van der Waals surface area contributed by atoms with Crippen molar-refractivity contribution in [3.05, 3.63) is 47.0 Å². The van der Waals surface area contributed by atoms with E-state index in [1.807, 2.05) is 33.8 Å². The number of aliphatic hydroxyl groups excluding tert-OH is 1. The lowest BCUT2D eigenvalue weighted by Gasteiger charge is -2.33. The Bertz CT molecular complexity index is 846. The lowest BCUT2D eigenvalue weighted by Crippen LogP contribution is -2.49. The number of ketones is 1. The molecule has 2 atom stereocenters. The molecule has 0 radical (unpaired) electrons. The Kier molecular flexibility index (Phi) is 10.1. The highest BCUT2D eigenvalue weighted by Crippen LogP contribution is 2.33. The first kappa shape index (κ1) is 26.0. The number of aromatic hydroxyl groups is 1. The summed E-state index contributed by atoms with van der Waals surface area (Å²) in [5, 5.41) is 26.6. The van der Waals surface area contributed by atoms with Gasteiger partial charge >= 0.3 is 0 Å². The number of aliphatic hydroxyl groups is 1. The van der Waals surface area contributed by atoms with Crippen LogP contribution < -0.4 is 10.6 Å². The first-order chi connectivity index (χ1) is 14.8. The first-order valence-electron chi connectivity index (χ1n) is 10.5. The number of allylic oxidation sites excluding steroid dienone is 1.